The van der Waals surface area contributed by atoms with Crippen LogP contribution in [0.15, 0.2) is 30.5 Å². The summed E-state index contributed by atoms with van der Waals surface area (Å²) >= 11 is 6.04. The van der Waals surface area contributed by atoms with Crippen LogP contribution in [0.5, 0.6) is 0 Å². The first-order chi connectivity index (χ1) is 12.2. The fraction of sp³-hybridized carbons (Fsp3) is 0.389. The zero-order valence-corrected chi connectivity index (χ0v) is 15.8. The topological polar surface area (TPSA) is 96.2 Å². The molecule has 7 nitrogen and oxygen atoms in total. The van der Waals surface area contributed by atoms with Crippen LogP contribution in [0.25, 0.3) is 5.69 Å². The Morgan fingerprint density at radius 1 is 1.35 bits per heavy atom. The van der Waals surface area contributed by atoms with Gasteiger partial charge in [0.1, 0.15) is 0 Å². The zero-order chi connectivity index (χ0) is 19.3. The summed E-state index contributed by atoms with van der Waals surface area (Å²) in [4.78, 5) is 23.0. The average Bonchev–Trinajstić information content (AvgIpc) is 2.95. The van der Waals surface area contributed by atoms with E-state index in [4.69, 9.17) is 16.7 Å². The van der Waals surface area contributed by atoms with Crippen LogP contribution in [0.1, 0.15) is 39.3 Å². The highest BCUT2D eigenvalue weighted by molar-refractivity contribution is 6.30. The first-order valence-electron chi connectivity index (χ1n) is 8.35. The molecule has 0 radical (unpaired) electrons. The van der Waals surface area contributed by atoms with Gasteiger partial charge in [-0.3, -0.25) is 4.79 Å². The molecule has 0 aliphatic carbocycles. The number of amides is 2. The summed E-state index contributed by atoms with van der Waals surface area (Å²) in [6.07, 6.45) is 2.56. The number of hydrogen-bond donors (Lipinski definition) is 3. The molecule has 0 saturated carbocycles. The Labute approximate surface area is 157 Å². The van der Waals surface area contributed by atoms with Crippen molar-refractivity contribution in [1.82, 2.24) is 15.1 Å². The van der Waals surface area contributed by atoms with Crippen molar-refractivity contribution in [1.29, 1.82) is 0 Å². The number of carboxylic acids is 1. The molecule has 2 amide bonds. The lowest BCUT2D eigenvalue weighted by Crippen LogP contribution is -2.45. The highest BCUT2D eigenvalue weighted by atomic mass is 35.5. The number of halogens is 1. The molecule has 0 atom stereocenters. The van der Waals surface area contributed by atoms with Crippen LogP contribution in [-0.4, -0.2) is 32.4 Å². The SMILES string of the molecule is CCc1c(NC(=O)NC(C)(C)CCC(=O)O)cnn1-c1cccc(Cl)c1. The molecule has 0 unspecified atom stereocenters. The first-order valence-corrected chi connectivity index (χ1v) is 8.73. The van der Waals surface area contributed by atoms with E-state index in [1.165, 1.54) is 0 Å². The van der Waals surface area contributed by atoms with Gasteiger partial charge < -0.3 is 15.7 Å². The molecule has 0 fully saturated rings. The van der Waals surface area contributed by atoms with Gasteiger partial charge in [-0.1, -0.05) is 24.6 Å². The standard InChI is InChI=1S/C18H23ClN4O3/c1-4-15-14(11-20-23(15)13-7-5-6-12(19)10-13)21-17(26)22-18(2,3)9-8-16(24)25/h5-7,10-11H,4,8-9H2,1-3H3,(H,24,25)(H2,21,22,26). The molecule has 2 aromatic rings. The Morgan fingerprint density at radius 2 is 2.08 bits per heavy atom. The van der Waals surface area contributed by atoms with Crippen LogP contribution in [0.3, 0.4) is 0 Å². The van der Waals surface area contributed by atoms with E-state index < -0.39 is 17.5 Å². The smallest absolute Gasteiger partial charge is 0.319 e. The maximum Gasteiger partial charge on any atom is 0.319 e. The molecule has 1 heterocycles. The fourth-order valence-electron chi connectivity index (χ4n) is 2.59. The minimum atomic E-state index is -0.892. The van der Waals surface area contributed by atoms with Crippen LogP contribution < -0.4 is 10.6 Å². The zero-order valence-electron chi connectivity index (χ0n) is 15.0. The third kappa shape index (κ3) is 5.23. The van der Waals surface area contributed by atoms with Gasteiger partial charge in [-0.2, -0.15) is 5.10 Å². The maximum absolute atomic E-state index is 12.3. The van der Waals surface area contributed by atoms with Crippen molar-refractivity contribution in [3.8, 4) is 5.69 Å². The van der Waals surface area contributed by atoms with Crippen molar-refractivity contribution in [2.45, 2.75) is 45.6 Å². The van der Waals surface area contributed by atoms with Gasteiger partial charge in [0, 0.05) is 17.0 Å². The number of carbonyl (C=O) groups excluding carboxylic acids is 1. The van der Waals surface area contributed by atoms with Crippen molar-refractivity contribution in [2.75, 3.05) is 5.32 Å². The molecule has 0 aliphatic rings. The number of rotatable bonds is 7. The van der Waals surface area contributed by atoms with E-state index in [0.717, 1.165) is 11.4 Å². The first kappa shape index (κ1) is 19.8. The van der Waals surface area contributed by atoms with Crippen LogP contribution >= 0.6 is 11.6 Å². The molecule has 8 heteroatoms. The van der Waals surface area contributed by atoms with E-state index in [1.54, 1.807) is 36.9 Å². The van der Waals surface area contributed by atoms with E-state index in [0.29, 0.717) is 23.6 Å². The summed E-state index contributed by atoms with van der Waals surface area (Å²) in [6, 6.07) is 6.90. The lowest BCUT2D eigenvalue weighted by molar-refractivity contribution is -0.137. The Bertz CT molecular complexity index is 801. The highest BCUT2D eigenvalue weighted by Gasteiger charge is 2.22. The second-order valence-electron chi connectivity index (χ2n) is 6.61. The molecule has 2 rings (SSSR count). The maximum atomic E-state index is 12.3. The van der Waals surface area contributed by atoms with E-state index >= 15 is 0 Å². The second kappa shape index (κ2) is 8.23. The molecule has 0 spiro atoms. The highest BCUT2D eigenvalue weighted by Crippen LogP contribution is 2.22. The monoisotopic (exact) mass is 378 g/mol. The van der Waals surface area contributed by atoms with Crippen molar-refractivity contribution in [2.24, 2.45) is 0 Å². The third-order valence-electron chi connectivity index (χ3n) is 3.92. The number of nitrogens with one attached hydrogen (secondary N) is 2. The van der Waals surface area contributed by atoms with Gasteiger partial charge in [-0.05, 0) is 44.9 Å². The lowest BCUT2D eigenvalue weighted by atomic mass is 9.99. The molecule has 140 valence electrons. The Hall–Kier alpha value is -2.54. The summed E-state index contributed by atoms with van der Waals surface area (Å²) in [5.74, 6) is -0.892. The predicted octanol–water partition coefficient (Wildman–Crippen LogP) is 3.85. The van der Waals surface area contributed by atoms with E-state index in [2.05, 4.69) is 15.7 Å². The van der Waals surface area contributed by atoms with E-state index in [-0.39, 0.29) is 6.42 Å². The molecule has 1 aromatic carbocycles. The molecule has 0 saturated heterocycles. The lowest BCUT2D eigenvalue weighted by Gasteiger charge is -2.25. The van der Waals surface area contributed by atoms with E-state index in [9.17, 15) is 9.59 Å². The fourth-order valence-corrected chi connectivity index (χ4v) is 2.78. The number of aliphatic carboxylic acids is 1. The average molecular weight is 379 g/mol. The Morgan fingerprint density at radius 3 is 2.69 bits per heavy atom. The van der Waals surface area contributed by atoms with Crippen molar-refractivity contribution >= 4 is 29.3 Å². The Kier molecular flexibility index (Phi) is 6.26. The molecule has 0 aliphatic heterocycles. The molecule has 3 N–H and O–H groups in total. The molecule has 1 aromatic heterocycles. The number of hydrogen-bond acceptors (Lipinski definition) is 3. The Balaban J connectivity index is 2.12. The third-order valence-corrected chi connectivity index (χ3v) is 4.16. The number of aromatic nitrogens is 2. The molecular formula is C18H23ClN4O3. The second-order valence-corrected chi connectivity index (χ2v) is 7.04. The van der Waals surface area contributed by atoms with Crippen molar-refractivity contribution in [3.05, 3.63) is 41.2 Å². The van der Waals surface area contributed by atoms with Crippen molar-refractivity contribution in [3.63, 3.8) is 0 Å². The summed E-state index contributed by atoms with van der Waals surface area (Å²) in [7, 11) is 0. The van der Waals surface area contributed by atoms with Crippen LogP contribution in [0, 0.1) is 0 Å². The largest absolute Gasteiger partial charge is 0.481 e. The quantitative estimate of drug-likeness (QED) is 0.681. The summed E-state index contributed by atoms with van der Waals surface area (Å²) < 4.78 is 1.73. The van der Waals surface area contributed by atoms with Crippen molar-refractivity contribution < 1.29 is 14.7 Å². The molecule has 26 heavy (non-hydrogen) atoms. The number of benzene rings is 1. The minimum absolute atomic E-state index is 0.0137. The molecular weight excluding hydrogens is 356 g/mol. The number of carbonyl (C=O) groups is 2. The van der Waals surface area contributed by atoms with Gasteiger partial charge >= 0.3 is 12.0 Å². The van der Waals surface area contributed by atoms with Gasteiger partial charge in [-0.25, -0.2) is 9.48 Å². The van der Waals surface area contributed by atoms with E-state index in [1.807, 2.05) is 19.1 Å². The normalized spacial score (nSPS) is 11.2. The molecule has 0 bridgehead atoms. The summed E-state index contributed by atoms with van der Waals surface area (Å²) in [5, 5.41) is 19.3. The number of anilines is 1. The number of carboxylic acid groups (broad SMARTS) is 1. The number of urea groups is 1. The predicted molar refractivity (Wildman–Crippen MR) is 101 cm³/mol. The van der Waals surface area contributed by atoms with Crippen LogP contribution in [0.4, 0.5) is 10.5 Å². The van der Waals surface area contributed by atoms with Gasteiger partial charge in [0.15, 0.2) is 0 Å². The van der Waals surface area contributed by atoms with Gasteiger partial charge in [-0.15, -0.1) is 0 Å². The van der Waals surface area contributed by atoms with Gasteiger partial charge in [0.2, 0.25) is 0 Å². The van der Waals surface area contributed by atoms with Gasteiger partial charge in [0.05, 0.1) is 23.3 Å². The van der Waals surface area contributed by atoms with Gasteiger partial charge in [0.25, 0.3) is 0 Å². The number of nitrogens with zero attached hydrogens (tertiary/aromatic N) is 2. The van der Waals surface area contributed by atoms with Crippen LogP contribution in [0.2, 0.25) is 5.02 Å². The van der Waals surface area contributed by atoms with Crippen LogP contribution in [-0.2, 0) is 11.2 Å². The summed E-state index contributed by atoms with van der Waals surface area (Å²) in [6.45, 7) is 5.54. The summed E-state index contributed by atoms with van der Waals surface area (Å²) in [5.41, 5.74) is 1.60. The minimum Gasteiger partial charge on any atom is -0.481 e.